The average molecular weight is 415 g/mol. The summed E-state index contributed by atoms with van der Waals surface area (Å²) in [6.07, 6.45) is 5.31. The second kappa shape index (κ2) is 7.90. The number of carbonyl (C=O) groups is 3. The molecule has 4 saturated carbocycles. The second-order valence-corrected chi connectivity index (χ2v) is 10.2. The molecule has 1 N–H and O–H groups in total. The lowest BCUT2D eigenvalue weighted by Gasteiger charge is -2.60. The Hall–Kier alpha value is -2.04. The Morgan fingerprint density at radius 2 is 1.67 bits per heavy atom. The van der Waals surface area contributed by atoms with E-state index in [0.29, 0.717) is 17.8 Å². The fraction of sp³-hybridized carbons (Fsp3) is 0.640. The second-order valence-electron chi connectivity index (χ2n) is 10.2. The van der Waals surface area contributed by atoms with E-state index in [4.69, 9.17) is 0 Å². The molecule has 1 aromatic rings. The fourth-order valence-corrected chi connectivity index (χ4v) is 7.02. The van der Waals surface area contributed by atoms with Gasteiger partial charge in [-0.1, -0.05) is 26.0 Å². The van der Waals surface area contributed by atoms with Crippen LogP contribution in [0.2, 0.25) is 0 Å². The van der Waals surface area contributed by atoms with Crippen molar-refractivity contribution in [3.8, 4) is 0 Å². The zero-order valence-electron chi connectivity index (χ0n) is 17.8. The van der Waals surface area contributed by atoms with Crippen molar-refractivity contribution in [2.75, 3.05) is 0 Å². The van der Waals surface area contributed by atoms with Crippen LogP contribution in [-0.2, 0) is 14.4 Å². The van der Waals surface area contributed by atoms with E-state index in [2.05, 4.69) is 0 Å². The number of carboxylic acid groups (broad SMARTS) is 1. The van der Waals surface area contributed by atoms with Gasteiger partial charge in [-0.3, -0.25) is 14.4 Å². The number of ketones is 2. The minimum absolute atomic E-state index is 0.0717. The Morgan fingerprint density at radius 1 is 1.07 bits per heavy atom. The first-order chi connectivity index (χ1) is 14.2. The lowest BCUT2D eigenvalue weighted by Crippen LogP contribution is -2.55. The topological polar surface area (TPSA) is 71.4 Å². The molecule has 30 heavy (non-hydrogen) atoms. The molecule has 5 rings (SSSR count). The van der Waals surface area contributed by atoms with Gasteiger partial charge in [-0.2, -0.15) is 0 Å². The first-order valence-electron chi connectivity index (χ1n) is 11.3. The fourth-order valence-electron chi connectivity index (χ4n) is 7.02. The predicted molar refractivity (Wildman–Crippen MR) is 110 cm³/mol. The van der Waals surface area contributed by atoms with E-state index in [-0.39, 0.29) is 42.1 Å². The van der Waals surface area contributed by atoms with E-state index in [0.717, 1.165) is 31.2 Å². The molecular weight excluding hydrogens is 383 g/mol. The summed E-state index contributed by atoms with van der Waals surface area (Å²) in [5, 5.41) is 9.53. The normalized spacial score (nSPS) is 32.9. The number of halogens is 1. The molecule has 4 aliphatic carbocycles. The third-order valence-corrected chi connectivity index (χ3v) is 7.97. The number of carboxylic acids is 1. The number of benzene rings is 1. The highest BCUT2D eigenvalue weighted by molar-refractivity contribution is 5.99. The van der Waals surface area contributed by atoms with Crippen LogP contribution in [0, 0.1) is 40.8 Å². The summed E-state index contributed by atoms with van der Waals surface area (Å²) in [6.45, 7) is 3.40. The Morgan fingerprint density at radius 3 is 2.20 bits per heavy atom. The number of hydrogen-bond acceptors (Lipinski definition) is 3. The molecule has 0 aliphatic heterocycles. The quantitative estimate of drug-likeness (QED) is 0.607. The van der Waals surface area contributed by atoms with Gasteiger partial charge >= 0.3 is 5.97 Å². The summed E-state index contributed by atoms with van der Waals surface area (Å²) in [7, 11) is 0. The maximum absolute atomic E-state index is 13.7. The summed E-state index contributed by atoms with van der Waals surface area (Å²) in [4.78, 5) is 37.7. The van der Waals surface area contributed by atoms with Crippen LogP contribution < -0.4 is 0 Å². The lowest BCUT2D eigenvalue weighted by molar-refractivity contribution is -0.151. The summed E-state index contributed by atoms with van der Waals surface area (Å²) in [6, 6.07) is 6.58. The van der Waals surface area contributed by atoms with E-state index in [1.54, 1.807) is 13.8 Å². The van der Waals surface area contributed by atoms with Gasteiger partial charge in [0.05, 0.1) is 0 Å². The molecule has 0 radical (unpaired) electrons. The third-order valence-electron chi connectivity index (χ3n) is 7.97. The zero-order valence-corrected chi connectivity index (χ0v) is 17.8. The third kappa shape index (κ3) is 3.61. The van der Waals surface area contributed by atoms with Crippen LogP contribution in [0.1, 0.15) is 70.3 Å². The van der Waals surface area contributed by atoms with Gasteiger partial charge in [0, 0.05) is 17.8 Å². The van der Waals surface area contributed by atoms with E-state index in [1.807, 2.05) is 12.1 Å². The molecule has 0 amide bonds. The van der Waals surface area contributed by atoms with Crippen molar-refractivity contribution in [3.63, 3.8) is 0 Å². The van der Waals surface area contributed by atoms with Gasteiger partial charge in [0.15, 0.2) is 0 Å². The van der Waals surface area contributed by atoms with E-state index in [1.165, 1.54) is 18.6 Å². The van der Waals surface area contributed by atoms with Crippen molar-refractivity contribution in [1.29, 1.82) is 0 Å². The van der Waals surface area contributed by atoms with Gasteiger partial charge in [-0.25, -0.2) is 4.39 Å². The molecule has 0 spiro atoms. The number of carbonyl (C=O) groups excluding carboxylic acids is 2. The van der Waals surface area contributed by atoms with E-state index in [9.17, 15) is 23.9 Å². The number of rotatable bonds is 8. The first-order valence-corrected chi connectivity index (χ1v) is 11.3. The lowest BCUT2D eigenvalue weighted by atomic mass is 9.42. The molecule has 0 aromatic heterocycles. The van der Waals surface area contributed by atoms with Crippen molar-refractivity contribution in [2.45, 2.75) is 64.7 Å². The van der Waals surface area contributed by atoms with Gasteiger partial charge in [0.25, 0.3) is 0 Å². The SMILES string of the molecule is CC(C)C(=O)C(CCC(=O)C12CC3CC(CC(C3)C1c1ccc(F)cc1)C2)C(=O)O. The van der Waals surface area contributed by atoms with Crippen molar-refractivity contribution >= 4 is 17.5 Å². The Balaban J connectivity index is 1.60. The molecule has 162 valence electrons. The molecule has 0 heterocycles. The molecule has 4 bridgehead atoms. The van der Waals surface area contributed by atoms with Gasteiger partial charge in [-0.15, -0.1) is 0 Å². The number of aliphatic carboxylic acids is 1. The van der Waals surface area contributed by atoms with Crippen LogP contribution in [0.4, 0.5) is 4.39 Å². The van der Waals surface area contributed by atoms with Crippen LogP contribution >= 0.6 is 0 Å². The maximum Gasteiger partial charge on any atom is 0.314 e. The Kier molecular flexibility index (Phi) is 5.58. The minimum atomic E-state index is -1.14. The summed E-state index contributed by atoms with van der Waals surface area (Å²) < 4.78 is 13.5. The zero-order chi connectivity index (χ0) is 21.6. The maximum atomic E-state index is 13.7. The molecular formula is C25H31FO4. The van der Waals surface area contributed by atoms with Crippen molar-refractivity contribution in [3.05, 3.63) is 35.6 Å². The highest BCUT2D eigenvalue weighted by Gasteiger charge is 2.60. The summed E-state index contributed by atoms with van der Waals surface area (Å²) in [5.41, 5.74) is 0.540. The highest BCUT2D eigenvalue weighted by Crippen LogP contribution is 2.66. The first kappa shape index (κ1) is 21.2. The van der Waals surface area contributed by atoms with Gasteiger partial charge in [0.2, 0.25) is 0 Å². The molecule has 0 saturated heterocycles. The molecule has 1 aromatic carbocycles. The largest absolute Gasteiger partial charge is 0.481 e. The van der Waals surface area contributed by atoms with E-state index >= 15 is 0 Å². The van der Waals surface area contributed by atoms with Crippen molar-refractivity contribution < 1.29 is 23.9 Å². The van der Waals surface area contributed by atoms with Crippen LogP contribution in [0.5, 0.6) is 0 Å². The highest BCUT2D eigenvalue weighted by atomic mass is 19.1. The van der Waals surface area contributed by atoms with Crippen LogP contribution in [-0.4, -0.2) is 22.6 Å². The van der Waals surface area contributed by atoms with E-state index < -0.39 is 17.3 Å². The number of hydrogen-bond donors (Lipinski definition) is 1. The standard InChI is InChI=1S/C25H31FO4/c1-14(2)23(28)20(24(29)30)7-8-21(27)25-12-15-9-16(13-25)11-18(10-15)22(25)17-3-5-19(26)6-4-17/h3-6,14-16,18,20,22H,7-13H2,1-2H3,(H,29,30). The van der Waals surface area contributed by atoms with Gasteiger partial charge < -0.3 is 5.11 Å². The van der Waals surface area contributed by atoms with Crippen LogP contribution in [0.25, 0.3) is 0 Å². The minimum Gasteiger partial charge on any atom is -0.481 e. The van der Waals surface area contributed by atoms with Gasteiger partial charge in [0.1, 0.15) is 23.3 Å². The van der Waals surface area contributed by atoms with Crippen molar-refractivity contribution in [1.82, 2.24) is 0 Å². The molecule has 4 nitrogen and oxygen atoms in total. The van der Waals surface area contributed by atoms with Crippen molar-refractivity contribution in [2.24, 2.45) is 35.0 Å². The molecule has 4 atom stereocenters. The Labute approximate surface area is 177 Å². The van der Waals surface area contributed by atoms with Gasteiger partial charge in [-0.05, 0) is 79.9 Å². The number of Topliss-reactive ketones (excluding diaryl/α,β-unsaturated/α-hetero) is 2. The molecule has 4 fully saturated rings. The molecule has 4 aliphatic rings. The smallest absolute Gasteiger partial charge is 0.314 e. The summed E-state index contributed by atoms with van der Waals surface area (Å²) in [5.74, 6) is -1.50. The Bertz CT molecular complexity index is 829. The van der Waals surface area contributed by atoms with Crippen LogP contribution in [0.15, 0.2) is 24.3 Å². The predicted octanol–water partition coefficient (Wildman–Crippen LogP) is 5.01. The molecule has 4 unspecified atom stereocenters. The summed E-state index contributed by atoms with van der Waals surface area (Å²) >= 11 is 0. The molecule has 5 heteroatoms. The average Bonchev–Trinajstić information content (AvgIpc) is 2.68. The van der Waals surface area contributed by atoms with Crippen LogP contribution in [0.3, 0.4) is 0 Å². The monoisotopic (exact) mass is 414 g/mol.